The normalized spacial score (nSPS) is 31.9. The molecule has 1 aliphatic carbocycles. The lowest BCUT2D eigenvalue weighted by Gasteiger charge is -2.26. The van der Waals surface area contributed by atoms with Crippen LogP contribution in [0, 0.1) is 5.92 Å². The van der Waals surface area contributed by atoms with Gasteiger partial charge in [0.1, 0.15) is 5.84 Å². The first-order valence-electron chi connectivity index (χ1n) is 4.28. The Morgan fingerprint density at radius 1 is 1.58 bits per heavy atom. The lowest BCUT2D eigenvalue weighted by Crippen LogP contribution is -2.31. The van der Waals surface area contributed by atoms with Crippen molar-refractivity contribution in [3.8, 4) is 0 Å². The van der Waals surface area contributed by atoms with Crippen LogP contribution in [-0.2, 0) is 4.74 Å². The van der Waals surface area contributed by atoms with Crippen LogP contribution in [0.4, 0.5) is 0 Å². The molecule has 4 nitrogen and oxygen atoms in total. The Morgan fingerprint density at radius 3 is 2.92 bits per heavy atom. The predicted molar refractivity (Wildman–Crippen MR) is 46.2 cm³/mol. The van der Waals surface area contributed by atoms with Crippen molar-refractivity contribution in [2.24, 2.45) is 16.8 Å². The number of hydrogen-bond donors (Lipinski definition) is 2. The van der Waals surface area contributed by atoms with Crippen molar-refractivity contribution < 1.29 is 9.94 Å². The summed E-state index contributed by atoms with van der Waals surface area (Å²) in [6, 6.07) is 0. The summed E-state index contributed by atoms with van der Waals surface area (Å²) in [7, 11) is 1.71. The molecule has 0 heterocycles. The number of amidine groups is 1. The zero-order valence-electron chi connectivity index (χ0n) is 7.36. The van der Waals surface area contributed by atoms with Gasteiger partial charge in [-0.3, -0.25) is 0 Å². The summed E-state index contributed by atoms with van der Waals surface area (Å²) in [5, 5.41) is 11.5. The summed E-state index contributed by atoms with van der Waals surface area (Å²) in [5.41, 5.74) is 5.51. The Kier molecular flexibility index (Phi) is 3.34. The van der Waals surface area contributed by atoms with Crippen LogP contribution in [0.2, 0.25) is 0 Å². The fraction of sp³-hybridized carbons (Fsp3) is 0.875. The molecule has 1 saturated carbocycles. The molecule has 3 N–H and O–H groups in total. The Hall–Kier alpha value is -0.770. The van der Waals surface area contributed by atoms with Gasteiger partial charge >= 0.3 is 0 Å². The highest BCUT2D eigenvalue weighted by Crippen LogP contribution is 2.25. The van der Waals surface area contributed by atoms with Crippen LogP contribution in [0.3, 0.4) is 0 Å². The molecule has 1 rings (SSSR count). The second-order valence-corrected chi connectivity index (χ2v) is 3.25. The van der Waals surface area contributed by atoms with Gasteiger partial charge in [-0.2, -0.15) is 0 Å². The monoisotopic (exact) mass is 172 g/mol. The van der Waals surface area contributed by atoms with Crippen molar-refractivity contribution in [3.63, 3.8) is 0 Å². The van der Waals surface area contributed by atoms with E-state index in [2.05, 4.69) is 5.16 Å². The molecule has 0 bridgehead atoms. The number of hydrogen-bond acceptors (Lipinski definition) is 3. The third-order valence-electron chi connectivity index (χ3n) is 2.49. The van der Waals surface area contributed by atoms with E-state index in [-0.39, 0.29) is 12.0 Å². The molecule has 4 heteroatoms. The zero-order chi connectivity index (χ0) is 8.97. The van der Waals surface area contributed by atoms with Crippen molar-refractivity contribution in [1.82, 2.24) is 0 Å². The van der Waals surface area contributed by atoms with Gasteiger partial charge < -0.3 is 15.7 Å². The molecule has 1 fully saturated rings. The minimum absolute atomic E-state index is 0.202. The lowest BCUT2D eigenvalue weighted by molar-refractivity contribution is 0.0611. The van der Waals surface area contributed by atoms with E-state index in [1.807, 2.05) is 0 Å². The third kappa shape index (κ3) is 2.11. The Labute approximate surface area is 72.4 Å². The van der Waals surface area contributed by atoms with E-state index in [4.69, 9.17) is 15.7 Å². The molecule has 0 aliphatic heterocycles. The highest BCUT2D eigenvalue weighted by Gasteiger charge is 2.24. The molecule has 0 saturated heterocycles. The molecular formula is C8H16N2O2. The number of oxime groups is 1. The minimum Gasteiger partial charge on any atom is -0.409 e. The van der Waals surface area contributed by atoms with E-state index >= 15 is 0 Å². The van der Waals surface area contributed by atoms with Gasteiger partial charge in [0.05, 0.1) is 6.10 Å². The molecule has 0 spiro atoms. The molecule has 0 aromatic rings. The predicted octanol–water partition coefficient (Wildman–Crippen LogP) is 0.938. The topological polar surface area (TPSA) is 67.8 Å². The van der Waals surface area contributed by atoms with E-state index in [1.54, 1.807) is 7.11 Å². The van der Waals surface area contributed by atoms with E-state index in [0.717, 1.165) is 25.7 Å². The standard InChI is InChI=1S/C8H16N2O2/c1-12-7-4-2-3-6(5-7)8(9)10-11/h6-7,11H,2-5H2,1H3,(H2,9,10). The highest BCUT2D eigenvalue weighted by molar-refractivity contribution is 5.82. The fourth-order valence-electron chi connectivity index (χ4n) is 1.71. The Balaban J connectivity index is 2.45. The van der Waals surface area contributed by atoms with Gasteiger partial charge in [0.15, 0.2) is 0 Å². The van der Waals surface area contributed by atoms with E-state index < -0.39 is 0 Å². The number of methoxy groups -OCH3 is 1. The maximum Gasteiger partial charge on any atom is 0.142 e. The van der Waals surface area contributed by atoms with Crippen LogP contribution < -0.4 is 5.73 Å². The van der Waals surface area contributed by atoms with Gasteiger partial charge in [0.2, 0.25) is 0 Å². The average molecular weight is 172 g/mol. The molecule has 0 radical (unpaired) electrons. The smallest absolute Gasteiger partial charge is 0.142 e. The van der Waals surface area contributed by atoms with Gasteiger partial charge in [-0.25, -0.2) is 0 Å². The van der Waals surface area contributed by atoms with Crippen molar-refractivity contribution in [2.45, 2.75) is 31.8 Å². The number of nitrogens with zero attached hydrogens (tertiary/aromatic N) is 1. The maximum atomic E-state index is 8.47. The minimum atomic E-state index is 0.202. The van der Waals surface area contributed by atoms with Crippen molar-refractivity contribution >= 4 is 5.84 Å². The van der Waals surface area contributed by atoms with Gasteiger partial charge in [-0.1, -0.05) is 11.6 Å². The zero-order valence-corrected chi connectivity index (χ0v) is 7.36. The number of nitrogens with two attached hydrogens (primary N) is 1. The fourth-order valence-corrected chi connectivity index (χ4v) is 1.71. The van der Waals surface area contributed by atoms with Gasteiger partial charge in [0, 0.05) is 13.0 Å². The molecule has 0 aromatic carbocycles. The van der Waals surface area contributed by atoms with Crippen LogP contribution in [0.5, 0.6) is 0 Å². The summed E-state index contributed by atoms with van der Waals surface area (Å²) in [4.78, 5) is 0. The molecule has 2 atom stereocenters. The van der Waals surface area contributed by atoms with E-state index in [9.17, 15) is 0 Å². The average Bonchev–Trinajstić information content (AvgIpc) is 2.17. The molecule has 0 aromatic heterocycles. The third-order valence-corrected chi connectivity index (χ3v) is 2.49. The van der Waals surface area contributed by atoms with Crippen LogP contribution in [-0.4, -0.2) is 24.3 Å². The molecular weight excluding hydrogens is 156 g/mol. The second kappa shape index (κ2) is 4.30. The first kappa shape index (κ1) is 9.32. The molecule has 1 aliphatic rings. The van der Waals surface area contributed by atoms with Crippen molar-refractivity contribution in [3.05, 3.63) is 0 Å². The summed E-state index contributed by atoms with van der Waals surface area (Å²) in [5.74, 6) is 0.547. The van der Waals surface area contributed by atoms with Crippen LogP contribution in [0.25, 0.3) is 0 Å². The van der Waals surface area contributed by atoms with Crippen LogP contribution in [0.15, 0.2) is 5.16 Å². The highest BCUT2D eigenvalue weighted by atomic mass is 16.5. The largest absolute Gasteiger partial charge is 0.409 e. The molecule has 12 heavy (non-hydrogen) atoms. The van der Waals surface area contributed by atoms with Crippen LogP contribution in [0.1, 0.15) is 25.7 Å². The van der Waals surface area contributed by atoms with E-state index in [0.29, 0.717) is 5.84 Å². The summed E-state index contributed by atoms with van der Waals surface area (Å²) in [6.45, 7) is 0. The molecule has 2 unspecified atom stereocenters. The SMILES string of the molecule is COC1CCCC(C(N)=NO)C1. The molecule has 0 amide bonds. The van der Waals surface area contributed by atoms with Crippen molar-refractivity contribution in [2.75, 3.05) is 7.11 Å². The summed E-state index contributed by atoms with van der Waals surface area (Å²) in [6.07, 6.45) is 4.36. The first-order chi connectivity index (χ1) is 5.77. The number of ether oxygens (including phenoxy) is 1. The van der Waals surface area contributed by atoms with Gasteiger partial charge in [-0.15, -0.1) is 0 Å². The Morgan fingerprint density at radius 2 is 2.33 bits per heavy atom. The van der Waals surface area contributed by atoms with Gasteiger partial charge in [-0.05, 0) is 19.3 Å². The number of rotatable bonds is 2. The summed E-state index contributed by atoms with van der Waals surface area (Å²) < 4.78 is 5.22. The Bertz CT molecular complexity index is 170. The molecule has 70 valence electrons. The summed E-state index contributed by atoms with van der Waals surface area (Å²) >= 11 is 0. The maximum absolute atomic E-state index is 8.47. The van der Waals surface area contributed by atoms with Gasteiger partial charge in [0.25, 0.3) is 0 Å². The quantitative estimate of drug-likeness (QED) is 0.282. The second-order valence-electron chi connectivity index (χ2n) is 3.25. The van der Waals surface area contributed by atoms with Crippen molar-refractivity contribution in [1.29, 1.82) is 0 Å². The lowest BCUT2D eigenvalue weighted by atomic mass is 9.86. The first-order valence-corrected chi connectivity index (χ1v) is 4.28. The van der Waals surface area contributed by atoms with Crippen LogP contribution >= 0.6 is 0 Å². The van der Waals surface area contributed by atoms with E-state index in [1.165, 1.54) is 0 Å².